The van der Waals surface area contributed by atoms with E-state index in [4.69, 9.17) is 11.6 Å². The lowest BCUT2D eigenvalue weighted by Crippen LogP contribution is -2.30. The summed E-state index contributed by atoms with van der Waals surface area (Å²) in [4.78, 5) is 26.6. The average Bonchev–Trinajstić information content (AvgIpc) is 2.74. The van der Waals surface area contributed by atoms with Crippen molar-refractivity contribution in [3.8, 4) is 0 Å². The zero-order chi connectivity index (χ0) is 22.2. The fraction of sp³-hybridized carbons (Fsp3) is 0.200. The molecule has 0 aromatic heterocycles. The smallest absolute Gasteiger partial charge is 0.226 e. The topological polar surface area (TPSA) is 61.4 Å². The van der Waals surface area contributed by atoms with Crippen LogP contribution in [0.4, 0.5) is 11.4 Å². The normalized spacial score (nSPS) is 11.5. The van der Waals surface area contributed by atoms with Crippen molar-refractivity contribution in [1.29, 1.82) is 0 Å². The molecule has 6 heteroatoms. The summed E-state index contributed by atoms with van der Waals surface area (Å²) in [5.74, 6) is -0.384. The number of carbonyl (C=O) groups excluding carboxylic acids is 2. The number of hydrogen-bond donors (Lipinski definition) is 2. The van der Waals surface area contributed by atoms with Crippen molar-refractivity contribution in [3.63, 3.8) is 0 Å². The number of halogens is 1. The Morgan fingerprint density at radius 2 is 1.58 bits per heavy atom. The first-order valence-corrected chi connectivity index (χ1v) is 10.5. The number of para-hydroxylation sites is 2. The molecular formula is C25H26ClN3O2. The van der Waals surface area contributed by atoms with Gasteiger partial charge in [0.25, 0.3) is 0 Å². The Kier molecular flexibility index (Phi) is 7.68. The molecule has 0 spiro atoms. The van der Waals surface area contributed by atoms with Crippen molar-refractivity contribution in [2.45, 2.75) is 25.9 Å². The number of anilines is 2. The van der Waals surface area contributed by atoms with Gasteiger partial charge >= 0.3 is 0 Å². The number of benzene rings is 3. The lowest BCUT2D eigenvalue weighted by Gasteiger charge is -2.23. The Bertz CT molecular complexity index is 1020. The highest BCUT2D eigenvalue weighted by Crippen LogP contribution is 2.27. The number of amides is 2. The van der Waals surface area contributed by atoms with Crippen LogP contribution in [-0.4, -0.2) is 18.9 Å². The highest BCUT2D eigenvalue weighted by Gasteiger charge is 2.18. The van der Waals surface area contributed by atoms with E-state index < -0.39 is 6.04 Å². The van der Waals surface area contributed by atoms with E-state index in [9.17, 15) is 9.59 Å². The molecule has 0 aliphatic rings. The van der Waals surface area contributed by atoms with E-state index in [1.807, 2.05) is 61.6 Å². The van der Waals surface area contributed by atoms with Crippen molar-refractivity contribution < 1.29 is 9.59 Å². The highest BCUT2D eigenvalue weighted by molar-refractivity contribution is 6.30. The minimum absolute atomic E-state index is 0.109. The van der Waals surface area contributed by atoms with Crippen LogP contribution in [0.2, 0.25) is 5.02 Å². The SMILES string of the molecule is CC(=O)NC(CC(=O)Nc1ccccc1N(C)Cc1ccccc1)c1ccc(Cl)cc1. The van der Waals surface area contributed by atoms with E-state index in [1.165, 1.54) is 12.5 Å². The van der Waals surface area contributed by atoms with Crippen LogP contribution in [0.3, 0.4) is 0 Å². The average molecular weight is 436 g/mol. The number of hydrogen-bond acceptors (Lipinski definition) is 3. The molecular weight excluding hydrogens is 410 g/mol. The molecule has 0 bridgehead atoms. The molecule has 1 atom stereocenters. The van der Waals surface area contributed by atoms with Crippen LogP contribution in [0.15, 0.2) is 78.9 Å². The standard InChI is InChI=1S/C25H26ClN3O2/c1-18(30)27-23(20-12-14-21(26)15-13-20)16-25(31)28-22-10-6-7-11-24(22)29(2)17-19-8-4-3-5-9-19/h3-15,23H,16-17H2,1-2H3,(H,27,30)(H,28,31). The van der Waals surface area contributed by atoms with Crippen LogP contribution in [0, 0.1) is 0 Å². The summed E-state index contributed by atoms with van der Waals surface area (Å²) in [5, 5.41) is 6.46. The molecule has 2 N–H and O–H groups in total. The van der Waals surface area contributed by atoms with Gasteiger partial charge in [0.1, 0.15) is 0 Å². The lowest BCUT2D eigenvalue weighted by molar-refractivity contribution is -0.120. The van der Waals surface area contributed by atoms with Gasteiger partial charge < -0.3 is 15.5 Å². The summed E-state index contributed by atoms with van der Waals surface area (Å²) >= 11 is 5.97. The first-order chi connectivity index (χ1) is 14.9. The molecule has 0 radical (unpaired) electrons. The monoisotopic (exact) mass is 435 g/mol. The molecule has 0 saturated carbocycles. The van der Waals surface area contributed by atoms with Crippen LogP contribution in [-0.2, 0) is 16.1 Å². The molecule has 160 valence electrons. The van der Waals surface area contributed by atoms with Gasteiger partial charge in [-0.1, -0.05) is 66.2 Å². The predicted octanol–water partition coefficient (Wildman–Crippen LogP) is 5.18. The van der Waals surface area contributed by atoms with Crippen LogP contribution in [0.1, 0.15) is 30.5 Å². The van der Waals surface area contributed by atoms with Gasteiger partial charge in [-0.15, -0.1) is 0 Å². The van der Waals surface area contributed by atoms with Crippen molar-refractivity contribution in [3.05, 3.63) is 95.0 Å². The minimum Gasteiger partial charge on any atom is -0.369 e. The van der Waals surface area contributed by atoms with E-state index >= 15 is 0 Å². The van der Waals surface area contributed by atoms with E-state index in [0.717, 1.165) is 16.9 Å². The van der Waals surface area contributed by atoms with Crippen LogP contribution in [0.5, 0.6) is 0 Å². The van der Waals surface area contributed by atoms with E-state index in [2.05, 4.69) is 27.7 Å². The molecule has 3 aromatic rings. The van der Waals surface area contributed by atoms with Crippen LogP contribution in [0.25, 0.3) is 0 Å². The maximum atomic E-state index is 12.9. The zero-order valence-electron chi connectivity index (χ0n) is 17.6. The fourth-order valence-corrected chi connectivity index (χ4v) is 3.56. The summed E-state index contributed by atoms with van der Waals surface area (Å²) in [7, 11) is 1.99. The van der Waals surface area contributed by atoms with Gasteiger partial charge in [-0.2, -0.15) is 0 Å². The minimum atomic E-state index is -0.441. The van der Waals surface area contributed by atoms with Crippen molar-refractivity contribution in [2.24, 2.45) is 0 Å². The molecule has 0 fully saturated rings. The van der Waals surface area contributed by atoms with Gasteiger partial charge in [0, 0.05) is 25.5 Å². The Morgan fingerprint density at radius 3 is 2.26 bits per heavy atom. The van der Waals surface area contributed by atoms with Crippen LogP contribution >= 0.6 is 11.6 Å². The second-order valence-electron chi connectivity index (χ2n) is 7.42. The Labute approximate surface area is 188 Å². The molecule has 0 heterocycles. The summed E-state index contributed by atoms with van der Waals surface area (Å²) in [6.07, 6.45) is 0.109. The Hall–Kier alpha value is -3.31. The quantitative estimate of drug-likeness (QED) is 0.512. The maximum Gasteiger partial charge on any atom is 0.226 e. The molecule has 0 aliphatic carbocycles. The van der Waals surface area contributed by atoms with Crippen molar-refractivity contribution in [1.82, 2.24) is 5.32 Å². The molecule has 3 rings (SSSR count). The van der Waals surface area contributed by atoms with Crippen molar-refractivity contribution in [2.75, 3.05) is 17.3 Å². The maximum absolute atomic E-state index is 12.9. The van der Waals surface area contributed by atoms with Gasteiger partial charge in [-0.05, 0) is 35.4 Å². The fourth-order valence-electron chi connectivity index (χ4n) is 3.43. The Balaban J connectivity index is 1.73. The van der Waals surface area contributed by atoms with Gasteiger partial charge in [-0.25, -0.2) is 0 Å². The van der Waals surface area contributed by atoms with Gasteiger partial charge in [0.2, 0.25) is 11.8 Å². The van der Waals surface area contributed by atoms with Crippen molar-refractivity contribution >= 4 is 34.8 Å². The van der Waals surface area contributed by atoms with Gasteiger partial charge in [-0.3, -0.25) is 9.59 Å². The second kappa shape index (κ2) is 10.6. The van der Waals surface area contributed by atoms with E-state index in [-0.39, 0.29) is 18.2 Å². The third-order valence-electron chi connectivity index (χ3n) is 4.89. The number of rotatable bonds is 8. The third kappa shape index (κ3) is 6.59. The molecule has 0 aliphatic heterocycles. The first kappa shape index (κ1) is 22.4. The highest BCUT2D eigenvalue weighted by atomic mass is 35.5. The van der Waals surface area contributed by atoms with Gasteiger partial charge in [0.15, 0.2) is 0 Å². The van der Waals surface area contributed by atoms with Crippen LogP contribution < -0.4 is 15.5 Å². The lowest BCUT2D eigenvalue weighted by atomic mass is 10.0. The third-order valence-corrected chi connectivity index (χ3v) is 5.14. The zero-order valence-corrected chi connectivity index (χ0v) is 18.4. The van der Waals surface area contributed by atoms with E-state index in [0.29, 0.717) is 11.6 Å². The summed E-state index contributed by atoms with van der Waals surface area (Å²) in [6.45, 7) is 2.15. The largest absolute Gasteiger partial charge is 0.369 e. The van der Waals surface area contributed by atoms with Gasteiger partial charge in [0.05, 0.1) is 23.8 Å². The molecule has 5 nitrogen and oxygen atoms in total. The summed E-state index contributed by atoms with van der Waals surface area (Å²) in [6, 6.07) is 24.5. The number of nitrogens with one attached hydrogen (secondary N) is 2. The molecule has 2 amide bonds. The summed E-state index contributed by atoms with van der Waals surface area (Å²) in [5.41, 5.74) is 3.65. The summed E-state index contributed by atoms with van der Waals surface area (Å²) < 4.78 is 0. The molecule has 1 unspecified atom stereocenters. The number of nitrogens with zero attached hydrogens (tertiary/aromatic N) is 1. The Morgan fingerprint density at radius 1 is 0.935 bits per heavy atom. The van der Waals surface area contributed by atoms with E-state index in [1.54, 1.807) is 12.1 Å². The predicted molar refractivity (Wildman–Crippen MR) is 126 cm³/mol. The first-order valence-electron chi connectivity index (χ1n) is 10.1. The second-order valence-corrected chi connectivity index (χ2v) is 7.85. The number of carbonyl (C=O) groups is 2. The molecule has 31 heavy (non-hydrogen) atoms. The molecule has 0 saturated heterocycles. The molecule has 3 aromatic carbocycles.